The van der Waals surface area contributed by atoms with Crippen LogP contribution in [0.25, 0.3) is 11.0 Å². The van der Waals surface area contributed by atoms with Crippen LogP contribution in [0.2, 0.25) is 0 Å². The van der Waals surface area contributed by atoms with Crippen LogP contribution >= 0.6 is 0 Å². The number of rotatable bonds is 4. The van der Waals surface area contributed by atoms with Crippen LogP contribution in [0.4, 0.5) is 0 Å². The number of benzene rings is 1. The van der Waals surface area contributed by atoms with Crippen LogP contribution in [0.3, 0.4) is 0 Å². The number of hydrogen-bond acceptors (Lipinski definition) is 7. The second-order valence-corrected chi connectivity index (χ2v) is 7.99. The highest BCUT2D eigenvalue weighted by molar-refractivity contribution is 5.77. The van der Waals surface area contributed by atoms with E-state index in [1.54, 1.807) is 6.26 Å². The van der Waals surface area contributed by atoms with Gasteiger partial charge in [-0.3, -0.25) is 9.69 Å². The summed E-state index contributed by atoms with van der Waals surface area (Å²) in [7, 11) is 0. The molecule has 1 saturated carbocycles. The molecule has 0 unspecified atom stereocenters. The Morgan fingerprint density at radius 3 is 2.76 bits per heavy atom. The number of aryl methyl sites for hydroxylation is 1. The van der Waals surface area contributed by atoms with Crippen molar-refractivity contribution in [1.82, 2.24) is 25.1 Å². The summed E-state index contributed by atoms with van der Waals surface area (Å²) in [5, 5.41) is 13.3. The van der Waals surface area contributed by atoms with Gasteiger partial charge in [0, 0.05) is 13.1 Å². The number of hydrogen-bond donors (Lipinski definition) is 0. The number of fused-ring (bicyclic) bond motifs is 1. The van der Waals surface area contributed by atoms with Crippen LogP contribution in [0, 0.1) is 6.92 Å². The molecule has 1 aliphatic heterocycles. The van der Waals surface area contributed by atoms with Gasteiger partial charge in [-0.25, -0.2) is 4.68 Å². The van der Waals surface area contributed by atoms with Gasteiger partial charge >= 0.3 is 0 Å². The largest absolute Gasteiger partial charge is 0.464 e. The van der Waals surface area contributed by atoms with Gasteiger partial charge in [0.25, 0.3) is 0 Å². The van der Waals surface area contributed by atoms with E-state index in [0.29, 0.717) is 48.9 Å². The van der Waals surface area contributed by atoms with Gasteiger partial charge in [0.2, 0.25) is 0 Å². The molecule has 1 aromatic carbocycles. The highest BCUT2D eigenvalue weighted by atomic mass is 16.5. The van der Waals surface area contributed by atoms with Gasteiger partial charge in [-0.15, -0.1) is 5.10 Å². The molecule has 3 heterocycles. The van der Waals surface area contributed by atoms with E-state index in [1.807, 2.05) is 29.8 Å². The molecule has 2 aromatic heterocycles. The van der Waals surface area contributed by atoms with Crippen molar-refractivity contribution in [3.63, 3.8) is 0 Å². The Morgan fingerprint density at radius 1 is 1.17 bits per heavy atom. The third-order valence-electron chi connectivity index (χ3n) is 6.09. The van der Waals surface area contributed by atoms with Crippen molar-refractivity contribution < 1.29 is 9.15 Å². The zero-order valence-electron chi connectivity index (χ0n) is 16.6. The molecule has 8 nitrogen and oxygen atoms in total. The standard InChI is InChI=1S/C21H25N5O3/c1-14-6-7-18-16(12-14)20(27)17(13-29-18)19(25-8-10-28-11-9-25)21-22-23-24-26(21)15-4-2-3-5-15/h6-7,12-13,15,19H,2-5,8-11H2,1H3/t19-/m1/s1. The van der Waals surface area contributed by atoms with E-state index >= 15 is 0 Å². The molecule has 8 heteroatoms. The van der Waals surface area contributed by atoms with Gasteiger partial charge in [0.1, 0.15) is 17.9 Å². The van der Waals surface area contributed by atoms with Crippen molar-refractivity contribution in [3.05, 3.63) is 51.6 Å². The van der Waals surface area contributed by atoms with Gasteiger partial charge in [-0.05, 0) is 42.3 Å². The summed E-state index contributed by atoms with van der Waals surface area (Å²) in [5.74, 6) is 0.720. The number of ether oxygens (including phenoxy) is 1. The molecular weight excluding hydrogens is 370 g/mol. The molecule has 0 amide bonds. The first-order valence-electron chi connectivity index (χ1n) is 10.3. The van der Waals surface area contributed by atoms with Crippen molar-refractivity contribution in [2.45, 2.75) is 44.7 Å². The first-order chi connectivity index (χ1) is 14.2. The number of morpholine rings is 1. The maximum Gasteiger partial charge on any atom is 0.197 e. The van der Waals surface area contributed by atoms with E-state index in [4.69, 9.17) is 9.15 Å². The molecule has 1 atom stereocenters. The zero-order valence-corrected chi connectivity index (χ0v) is 16.6. The van der Waals surface area contributed by atoms with E-state index in [-0.39, 0.29) is 11.5 Å². The van der Waals surface area contributed by atoms with Crippen molar-refractivity contribution in [3.8, 4) is 0 Å². The summed E-state index contributed by atoms with van der Waals surface area (Å²) >= 11 is 0. The third-order valence-corrected chi connectivity index (χ3v) is 6.09. The molecule has 0 bridgehead atoms. The van der Waals surface area contributed by atoms with E-state index in [0.717, 1.165) is 24.2 Å². The fourth-order valence-electron chi connectivity index (χ4n) is 4.57. The second-order valence-electron chi connectivity index (χ2n) is 7.99. The molecule has 3 aromatic rings. The van der Waals surface area contributed by atoms with E-state index in [9.17, 15) is 4.79 Å². The molecular formula is C21H25N5O3. The molecule has 1 saturated heterocycles. The molecule has 2 aliphatic rings. The topological polar surface area (TPSA) is 86.3 Å². The first kappa shape index (κ1) is 18.4. The van der Waals surface area contributed by atoms with Crippen LogP contribution in [0.1, 0.15) is 54.7 Å². The summed E-state index contributed by atoms with van der Waals surface area (Å²) in [6.07, 6.45) is 6.10. The fraction of sp³-hybridized carbons (Fsp3) is 0.524. The minimum Gasteiger partial charge on any atom is -0.464 e. The molecule has 0 N–H and O–H groups in total. The molecule has 1 aliphatic carbocycles. The van der Waals surface area contributed by atoms with Crippen molar-refractivity contribution in [1.29, 1.82) is 0 Å². The van der Waals surface area contributed by atoms with Crippen LogP contribution in [0.15, 0.2) is 33.7 Å². The predicted octanol–water partition coefficient (Wildman–Crippen LogP) is 2.62. The Bertz CT molecular complexity index is 1060. The van der Waals surface area contributed by atoms with E-state index in [1.165, 1.54) is 12.8 Å². The average molecular weight is 395 g/mol. The minimum absolute atomic E-state index is 0.0209. The molecule has 0 radical (unpaired) electrons. The maximum atomic E-state index is 13.5. The molecule has 29 heavy (non-hydrogen) atoms. The Balaban J connectivity index is 1.66. The predicted molar refractivity (Wildman–Crippen MR) is 107 cm³/mol. The Hall–Kier alpha value is -2.58. The third kappa shape index (κ3) is 3.36. The highest BCUT2D eigenvalue weighted by Crippen LogP contribution is 2.34. The van der Waals surface area contributed by atoms with Crippen LogP contribution < -0.4 is 5.43 Å². The Labute approximate surface area is 168 Å². The Morgan fingerprint density at radius 2 is 1.97 bits per heavy atom. The van der Waals surface area contributed by atoms with E-state index in [2.05, 4.69) is 20.4 Å². The summed E-state index contributed by atoms with van der Waals surface area (Å²) < 4.78 is 13.4. The molecule has 152 valence electrons. The van der Waals surface area contributed by atoms with Gasteiger partial charge in [-0.1, -0.05) is 24.5 Å². The lowest BCUT2D eigenvalue weighted by atomic mass is 10.0. The number of nitrogens with zero attached hydrogens (tertiary/aromatic N) is 5. The summed E-state index contributed by atoms with van der Waals surface area (Å²) in [4.78, 5) is 15.7. The van der Waals surface area contributed by atoms with Crippen molar-refractivity contribution in [2.24, 2.45) is 0 Å². The smallest absolute Gasteiger partial charge is 0.197 e. The summed E-state index contributed by atoms with van der Waals surface area (Å²) in [6.45, 7) is 4.66. The molecule has 0 spiro atoms. The van der Waals surface area contributed by atoms with Crippen LogP contribution in [0.5, 0.6) is 0 Å². The van der Waals surface area contributed by atoms with E-state index < -0.39 is 0 Å². The molecule has 5 rings (SSSR count). The lowest BCUT2D eigenvalue weighted by Crippen LogP contribution is -2.42. The molecule has 2 fully saturated rings. The average Bonchev–Trinajstić information content (AvgIpc) is 3.43. The van der Waals surface area contributed by atoms with Gasteiger partial charge in [0.15, 0.2) is 11.3 Å². The SMILES string of the molecule is Cc1ccc2occ([C@H](c3nnnn3C3CCCC3)N3CCOCC3)c(=O)c2c1. The van der Waals surface area contributed by atoms with Gasteiger partial charge < -0.3 is 9.15 Å². The van der Waals surface area contributed by atoms with Crippen molar-refractivity contribution >= 4 is 11.0 Å². The summed E-state index contributed by atoms with van der Waals surface area (Å²) in [5.41, 5.74) is 2.19. The quantitative estimate of drug-likeness (QED) is 0.671. The van der Waals surface area contributed by atoms with Gasteiger partial charge in [0.05, 0.1) is 30.2 Å². The lowest BCUT2D eigenvalue weighted by molar-refractivity contribution is 0.0208. The van der Waals surface area contributed by atoms with Gasteiger partial charge in [-0.2, -0.15) is 0 Å². The fourth-order valence-corrected chi connectivity index (χ4v) is 4.57. The first-order valence-corrected chi connectivity index (χ1v) is 10.3. The normalized spacial score (nSPS) is 19.8. The van der Waals surface area contributed by atoms with Crippen LogP contribution in [-0.4, -0.2) is 51.4 Å². The zero-order chi connectivity index (χ0) is 19.8. The van der Waals surface area contributed by atoms with Crippen LogP contribution in [-0.2, 0) is 4.74 Å². The minimum atomic E-state index is -0.351. The highest BCUT2D eigenvalue weighted by Gasteiger charge is 2.34. The Kier molecular flexibility index (Phi) is 4.89. The van der Waals surface area contributed by atoms with Crippen molar-refractivity contribution in [2.75, 3.05) is 26.3 Å². The lowest BCUT2D eigenvalue weighted by Gasteiger charge is -2.33. The summed E-state index contributed by atoms with van der Waals surface area (Å²) in [6, 6.07) is 5.63. The second kappa shape index (κ2) is 7.68. The number of aromatic nitrogens is 4. The number of tetrazole rings is 1. The monoisotopic (exact) mass is 395 g/mol. The maximum absolute atomic E-state index is 13.5.